The summed E-state index contributed by atoms with van der Waals surface area (Å²) in [5.41, 5.74) is 1.06. The maximum absolute atomic E-state index is 12.9. The minimum atomic E-state index is -4.66. The third kappa shape index (κ3) is 8.12. The number of ether oxygens (including phenoxy) is 2. The number of halogens is 4. The van der Waals surface area contributed by atoms with Gasteiger partial charge in [-0.1, -0.05) is 25.0 Å². The number of rotatable bonds is 8. The van der Waals surface area contributed by atoms with Crippen LogP contribution < -0.4 is 4.74 Å². The van der Waals surface area contributed by atoms with E-state index in [-0.39, 0.29) is 11.9 Å². The number of hydrogen-bond acceptors (Lipinski definition) is 3. The fraction of sp³-hybridized carbons (Fsp3) is 0.640. The van der Waals surface area contributed by atoms with Gasteiger partial charge in [-0.3, -0.25) is 0 Å². The molecule has 0 unspecified atom stereocenters. The Morgan fingerprint density at radius 3 is 2.19 bits per heavy atom. The Labute approximate surface area is 187 Å². The Morgan fingerprint density at radius 1 is 0.969 bits per heavy atom. The van der Waals surface area contributed by atoms with Crippen molar-refractivity contribution in [3.63, 3.8) is 0 Å². The van der Waals surface area contributed by atoms with Crippen LogP contribution >= 0.6 is 0 Å². The molecule has 2 saturated carbocycles. The first-order valence-electron chi connectivity index (χ1n) is 11.6. The average Bonchev–Trinajstić information content (AvgIpc) is 2.78. The highest BCUT2D eigenvalue weighted by molar-refractivity contribution is 5.29. The van der Waals surface area contributed by atoms with Gasteiger partial charge in [-0.2, -0.15) is 9.65 Å². The molecule has 0 atom stereocenters. The summed E-state index contributed by atoms with van der Waals surface area (Å²) in [4.78, 5) is 0. The number of allylic oxidation sites excluding steroid dienone is 2. The van der Waals surface area contributed by atoms with Crippen LogP contribution in [0.2, 0.25) is 0 Å². The van der Waals surface area contributed by atoms with Gasteiger partial charge in [-0.15, -0.1) is 13.2 Å². The molecule has 0 aromatic heterocycles. The van der Waals surface area contributed by atoms with Crippen LogP contribution in [0.4, 0.5) is 17.6 Å². The first-order valence-corrected chi connectivity index (χ1v) is 11.6. The summed E-state index contributed by atoms with van der Waals surface area (Å²) >= 11 is 0. The van der Waals surface area contributed by atoms with Crippen LogP contribution in [-0.2, 0) is 4.74 Å². The number of benzene rings is 1. The van der Waals surface area contributed by atoms with Crippen molar-refractivity contribution < 1.29 is 27.0 Å². The van der Waals surface area contributed by atoms with Crippen molar-refractivity contribution in [3.05, 3.63) is 41.7 Å². The molecule has 1 aromatic rings. The molecule has 0 N–H and O–H groups in total. The van der Waals surface area contributed by atoms with Crippen LogP contribution in [0.25, 0.3) is 0 Å². The van der Waals surface area contributed by atoms with E-state index in [1.807, 2.05) is 0 Å². The van der Waals surface area contributed by atoms with Gasteiger partial charge in [-0.25, -0.2) is 0 Å². The Hall–Kier alpha value is -2.07. The van der Waals surface area contributed by atoms with Crippen LogP contribution in [0.15, 0.2) is 36.2 Å². The van der Waals surface area contributed by atoms with E-state index in [9.17, 15) is 17.6 Å². The van der Waals surface area contributed by atoms with Crippen molar-refractivity contribution >= 4 is 0 Å². The van der Waals surface area contributed by atoms with E-state index in [0.717, 1.165) is 70.0 Å². The van der Waals surface area contributed by atoms with Gasteiger partial charge in [0.1, 0.15) is 11.8 Å². The normalized spacial score (nSPS) is 27.0. The standard InChI is InChI=1S/C25H31F4NO2/c26-22(16-30)3-1-2-18-4-6-19(7-5-18)17-31-23-12-8-20(9-13-23)21-10-14-24(15-11-21)32-25(27,28)29/h3,10-11,14-15,18-20,23H,1-2,4-9,12-13,17H2/b22-3+. The van der Waals surface area contributed by atoms with Gasteiger partial charge in [0, 0.05) is 6.61 Å². The van der Waals surface area contributed by atoms with Gasteiger partial charge < -0.3 is 9.47 Å². The summed E-state index contributed by atoms with van der Waals surface area (Å²) in [5.74, 6) is 0.673. The van der Waals surface area contributed by atoms with Crippen molar-refractivity contribution in [2.24, 2.45) is 11.8 Å². The smallest absolute Gasteiger partial charge is 0.406 e. The molecule has 1 aromatic carbocycles. The highest BCUT2D eigenvalue weighted by Gasteiger charge is 2.31. The van der Waals surface area contributed by atoms with Crippen LogP contribution in [0.5, 0.6) is 5.75 Å². The van der Waals surface area contributed by atoms with Crippen molar-refractivity contribution in [1.29, 1.82) is 5.26 Å². The molecular weight excluding hydrogens is 422 g/mol. The lowest BCUT2D eigenvalue weighted by Gasteiger charge is -2.32. The molecule has 2 fully saturated rings. The molecule has 0 amide bonds. The monoisotopic (exact) mass is 453 g/mol. The number of nitriles is 1. The molecule has 0 bridgehead atoms. The quantitative estimate of drug-likeness (QED) is 0.301. The second kappa shape index (κ2) is 11.7. The van der Waals surface area contributed by atoms with Gasteiger partial charge >= 0.3 is 6.36 Å². The molecular formula is C25H31F4NO2. The second-order valence-electron chi connectivity index (χ2n) is 9.05. The summed E-state index contributed by atoms with van der Waals surface area (Å²) in [7, 11) is 0. The summed E-state index contributed by atoms with van der Waals surface area (Å²) in [6.45, 7) is 0.786. The first-order chi connectivity index (χ1) is 15.3. The lowest BCUT2D eigenvalue weighted by molar-refractivity contribution is -0.274. The zero-order chi connectivity index (χ0) is 23.0. The number of hydrogen-bond donors (Lipinski definition) is 0. The van der Waals surface area contributed by atoms with Crippen molar-refractivity contribution in [1.82, 2.24) is 0 Å². The van der Waals surface area contributed by atoms with E-state index >= 15 is 0 Å². The van der Waals surface area contributed by atoms with Crippen molar-refractivity contribution in [2.75, 3.05) is 6.61 Å². The van der Waals surface area contributed by atoms with E-state index in [0.29, 0.717) is 24.2 Å². The summed E-state index contributed by atoms with van der Waals surface area (Å²) in [6, 6.07) is 7.75. The topological polar surface area (TPSA) is 42.2 Å². The molecule has 176 valence electrons. The Bertz CT molecular complexity index is 769. The van der Waals surface area contributed by atoms with Gasteiger partial charge in [0.15, 0.2) is 5.83 Å². The largest absolute Gasteiger partial charge is 0.573 e. The number of alkyl halides is 3. The molecule has 2 aliphatic carbocycles. The maximum atomic E-state index is 12.9. The third-order valence-electron chi connectivity index (χ3n) is 6.80. The van der Waals surface area contributed by atoms with Crippen LogP contribution in [0.3, 0.4) is 0 Å². The van der Waals surface area contributed by atoms with Crippen LogP contribution in [-0.4, -0.2) is 19.1 Å². The lowest BCUT2D eigenvalue weighted by atomic mass is 9.80. The predicted octanol–water partition coefficient (Wildman–Crippen LogP) is 7.59. The van der Waals surface area contributed by atoms with Crippen LogP contribution in [0, 0.1) is 23.2 Å². The van der Waals surface area contributed by atoms with Gasteiger partial charge in [0.2, 0.25) is 0 Å². The molecule has 32 heavy (non-hydrogen) atoms. The second-order valence-corrected chi connectivity index (χ2v) is 9.05. The molecule has 0 saturated heterocycles. The molecule has 0 heterocycles. The minimum Gasteiger partial charge on any atom is -0.406 e. The number of nitrogens with zero attached hydrogens (tertiary/aromatic N) is 1. The zero-order valence-electron chi connectivity index (χ0n) is 18.2. The average molecular weight is 454 g/mol. The van der Waals surface area contributed by atoms with Crippen molar-refractivity contribution in [3.8, 4) is 11.8 Å². The van der Waals surface area contributed by atoms with E-state index < -0.39 is 12.2 Å². The maximum Gasteiger partial charge on any atom is 0.573 e. The van der Waals surface area contributed by atoms with Crippen molar-refractivity contribution in [2.45, 2.75) is 82.6 Å². The van der Waals surface area contributed by atoms with Gasteiger partial charge in [-0.05, 0) is 92.9 Å². The van der Waals surface area contributed by atoms with Crippen LogP contribution in [0.1, 0.15) is 75.7 Å². The van der Waals surface area contributed by atoms with Gasteiger partial charge in [0.05, 0.1) is 6.10 Å². The van der Waals surface area contributed by atoms with E-state index in [1.54, 1.807) is 12.1 Å². The van der Waals surface area contributed by atoms with E-state index in [2.05, 4.69) is 4.74 Å². The molecule has 2 aliphatic rings. The summed E-state index contributed by atoms with van der Waals surface area (Å²) < 4.78 is 59.9. The molecule has 7 heteroatoms. The Balaban J connectivity index is 1.32. The molecule has 0 radical (unpaired) electrons. The lowest BCUT2D eigenvalue weighted by Crippen LogP contribution is -2.25. The highest BCUT2D eigenvalue weighted by Crippen LogP contribution is 2.37. The Kier molecular flexibility index (Phi) is 8.98. The third-order valence-corrected chi connectivity index (χ3v) is 6.80. The molecule has 0 aliphatic heterocycles. The van der Waals surface area contributed by atoms with E-state index in [4.69, 9.17) is 10.00 Å². The predicted molar refractivity (Wildman–Crippen MR) is 114 cm³/mol. The molecule has 0 spiro atoms. The summed E-state index contributed by atoms with van der Waals surface area (Å²) in [6.07, 6.45) is 6.99. The fourth-order valence-corrected chi connectivity index (χ4v) is 4.95. The van der Waals surface area contributed by atoms with E-state index in [1.165, 1.54) is 24.3 Å². The molecule has 3 rings (SSSR count). The fourth-order valence-electron chi connectivity index (χ4n) is 4.95. The van der Waals surface area contributed by atoms with Gasteiger partial charge in [0.25, 0.3) is 0 Å². The zero-order valence-corrected chi connectivity index (χ0v) is 18.2. The highest BCUT2D eigenvalue weighted by atomic mass is 19.4. The first kappa shape index (κ1) is 24.6. The minimum absolute atomic E-state index is 0.182. The Morgan fingerprint density at radius 2 is 1.59 bits per heavy atom. The SMILES string of the molecule is N#C/C(F)=C\CCC1CCC(COC2CCC(c3ccc(OC(F)(F)F)cc3)CC2)CC1. The summed E-state index contributed by atoms with van der Waals surface area (Å²) in [5, 5.41) is 8.44. The molecule has 3 nitrogen and oxygen atoms in total.